The van der Waals surface area contributed by atoms with Crippen LogP contribution in [0.15, 0.2) is 36.4 Å². The minimum absolute atomic E-state index is 0.0112. The molecule has 53 heavy (non-hydrogen) atoms. The Balaban J connectivity index is 1.06. The minimum Gasteiger partial charge on any atom is -0.496 e. The quantitative estimate of drug-likeness (QED) is 0.360. The van der Waals surface area contributed by atoms with Gasteiger partial charge in [-0.15, -0.1) is 0 Å². The van der Waals surface area contributed by atoms with E-state index in [2.05, 4.69) is 15.1 Å². The van der Waals surface area contributed by atoms with Crippen LogP contribution < -0.4 is 10.1 Å². The van der Waals surface area contributed by atoms with Crippen molar-refractivity contribution in [1.29, 1.82) is 0 Å². The Morgan fingerprint density at radius 2 is 1.51 bits per heavy atom. The Morgan fingerprint density at radius 3 is 2.17 bits per heavy atom. The summed E-state index contributed by atoms with van der Waals surface area (Å²) >= 11 is 0. The normalized spacial score (nSPS) is 19.9. The smallest absolute Gasteiger partial charge is 0.410 e. The Hall–Kier alpha value is -4.36. The van der Waals surface area contributed by atoms with Gasteiger partial charge in [-0.25, -0.2) is 9.59 Å². The first kappa shape index (κ1) is 38.4. The lowest BCUT2D eigenvalue weighted by molar-refractivity contribution is -0.144. The number of benzene rings is 2. The number of nitrogens with one attached hydrogen (secondary N) is 1. The van der Waals surface area contributed by atoms with Crippen molar-refractivity contribution >= 4 is 29.7 Å². The second-order valence-electron chi connectivity index (χ2n) is 14.8. The van der Waals surface area contributed by atoms with E-state index in [1.54, 1.807) is 12.0 Å². The fourth-order valence-electron chi connectivity index (χ4n) is 8.51. The highest BCUT2D eigenvalue weighted by atomic mass is 16.6. The summed E-state index contributed by atoms with van der Waals surface area (Å²) < 4.78 is 16.8. The van der Waals surface area contributed by atoms with Crippen LogP contribution in [-0.4, -0.2) is 146 Å². The summed E-state index contributed by atoms with van der Waals surface area (Å²) in [6.07, 6.45) is 2.78. The molecular formula is C40H56N6O7. The summed E-state index contributed by atoms with van der Waals surface area (Å²) in [6, 6.07) is 12.2. The van der Waals surface area contributed by atoms with Crippen molar-refractivity contribution in [2.24, 2.45) is 0 Å². The highest BCUT2D eigenvalue weighted by Gasteiger charge is 2.36. The molecule has 288 valence electrons. The second kappa shape index (κ2) is 17.6. The van der Waals surface area contributed by atoms with Crippen molar-refractivity contribution in [3.8, 4) is 5.75 Å². The van der Waals surface area contributed by atoms with Crippen molar-refractivity contribution in [3.63, 3.8) is 0 Å². The van der Waals surface area contributed by atoms with Crippen molar-refractivity contribution in [2.75, 3.05) is 84.5 Å². The number of piperazine rings is 1. The maximum absolute atomic E-state index is 14.2. The third-order valence-corrected chi connectivity index (χ3v) is 11.3. The number of urea groups is 1. The zero-order valence-corrected chi connectivity index (χ0v) is 31.8. The lowest BCUT2D eigenvalue weighted by atomic mass is 10.00. The molecule has 1 N–H and O–H groups in total. The van der Waals surface area contributed by atoms with Gasteiger partial charge >= 0.3 is 18.1 Å². The molecule has 6 rings (SSSR count). The maximum Gasteiger partial charge on any atom is 0.410 e. The number of methoxy groups -OCH3 is 1. The van der Waals surface area contributed by atoms with Gasteiger partial charge in [-0.3, -0.25) is 19.4 Å². The Kier molecular flexibility index (Phi) is 12.8. The number of hydrogen-bond acceptors (Lipinski definition) is 9. The zero-order valence-electron chi connectivity index (χ0n) is 31.8. The summed E-state index contributed by atoms with van der Waals surface area (Å²) in [5.41, 5.74) is 4.81. The zero-order chi connectivity index (χ0) is 37.5. The summed E-state index contributed by atoms with van der Waals surface area (Å²) in [7, 11) is 1.65. The number of carbonyl (C=O) groups excluding carboxylic acids is 4. The van der Waals surface area contributed by atoms with E-state index in [9.17, 15) is 19.2 Å². The van der Waals surface area contributed by atoms with Crippen molar-refractivity contribution in [1.82, 2.24) is 24.5 Å². The van der Waals surface area contributed by atoms with Crippen LogP contribution in [0.2, 0.25) is 0 Å². The molecule has 2 aromatic rings. The standard InChI is InChI=1S/C40H56N6O7/c1-5-52-36(47)27-42-15-11-32(12-16-42)43-20-22-44(23-21-43)38(48)35(26-30-24-28(2)37(51-4)29(3)25-30)53-40(50)45-17-13-33(14-18-45)46-19-10-31-8-6-7-9-34(31)41-39(46)49/h6-9,24-25,32-33,35H,5,10-23,26-27H2,1-4H3,(H,41,49)/t35-/m1/s1. The van der Waals surface area contributed by atoms with Gasteiger partial charge in [0.1, 0.15) is 5.75 Å². The maximum atomic E-state index is 14.2. The van der Waals surface area contributed by atoms with Crippen LogP contribution in [0.1, 0.15) is 54.9 Å². The molecular weight excluding hydrogens is 676 g/mol. The molecule has 4 heterocycles. The van der Waals surface area contributed by atoms with E-state index >= 15 is 0 Å². The Bertz CT molecular complexity index is 1590. The Morgan fingerprint density at radius 1 is 0.849 bits per heavy atom. The van der Waals surface area contributed by atoms with E-state index in [1.165, 1.54) is 0 Å². The predicted molar refractivity (Wildman–Crippen MR) is 201 cm³/mol. The number of carbonyl (C=O) groups is 4. The SMILES string of the molecule is CCOC(=O)CN1CCC(N2CCN(C(=O)[C@@H](Cc3cc(C)c(OC)c(C)c3)OC(=O)N3CCC(N4CCc5ccccc5NC4=O)CC3)CC2)CC1. The Labute approximate surface area is 313 Å². The van der Waals surface area contributed by atoms with Crippen molar-refractivity contribution in [2.45, 2.75) is 77.5 Å². The summed E-state index contributed by atoms with van der Waals surface area (Å²) in [4.78, 5) is 63.1. The first-order chi connectivity index (χ1) is 25.6. The van der Waals surface area contributed by atoms with Crippen LogP contribution in [0.5, 0.6) is 5.75 Å². The number of nitrogens with zero attached hydrogens (tertiary/aromatic N) is 5. The molecule has 0 aromatic heterocycles. The highest BCUT2D eigenvalue weighted by Crippen LogP contribution is 2.28. The average molecular weight is 733 g/mol. The number of para-hydroxylation sites is 1. The molecule has 0 aliphatic carbocycles. The number of hydrogen-bond donors (Lipinski definition) is 1. The lowest BCUT2D eigenvalue weighted by Crippen LogP contribution is -2.57. The van der Waals surface area contributed by atoms with Crippen molar-refractivity contribution < 1.29 is 33.4 Å². The van der Waals surface area contributed by atoms with E-state index in [4.69, 9.17) is 14.2 Å². The van der Waals surface area contributed by atoms with Crippen molar-refractivity contribution in [3.05, 3.63) is 58.7 Å². The minimum atomic E-state index is -0.972. The molecule has 0 saturated carbocycles. The van der Waals surface area contributed by atoms with Crippen LogP contribution in [0.3, 0.4) is 0 Å². The number of esters is 1. The molecule has 0 bridgehead atoms. The first-order valence-electron chi connectivity index (χ1n) is 19.3. The van der Waals surface area contributed by atoms with Gasteiger partial charge in [0.25, 0.3) is 5.91 Å². The molecule has 0 radical (unpaired) electrons. The number of fused-ring (bicyclic) bond motifs is 1. The fraction of sp³-hybridized carbons (Fsp3) is 0.600. The second-order valence-corrected chi connectivity index (χ2v) is 14.8. The van der Waals surface area contributed by atoms with Crippen LogP contribution in [-0.2, 0) is 31.9 Å². The molecule has 1 atom stereocenters. The molecule has 4 aliphatic heterocycles. The molecule has 13 heteroatoms. The number of piperidine rings is 2. The molecule has 2 aromatic carbocycles. The topological polar surface area (TPSA) is 124 Å². The first-order valence-corrected chi connectivity index (χ1v) is 19.3. The predicted octanol–water partition coefficient (Wildman–Crippen LogP) is 4.09. The summed E-state index contributed by atoms with van der Waals surface area (Å²) in [5, 5.41) is 3.06. The number of likely N-dealkylation sites (tertiary alicyclic amines) is 2. The van der Waals surface area contributed by atoms with Gasteiger partial charge in [0, 0.05) is 83.1 Å². The number of ether oxygens (including phenoxy) is 3. The van der Waals surface area contributed by atoms with Gasteiger partial charge in [-0.05, 0) is 81.2 Å². The van der Waals surface area contributed by atoms with Crippen LogP contribution in [0, 0.1) is 13.8 Å². The third kappa shape index (κ3) is 9.42. The van der Waals surface area contributed by atoms with Gasteiger partial charge < -0.3 is 34.2 Å². The lowest BCUT2D eigenvalue weighted by Gasteiger charge is -2.43. The van der Waals surface area contributed by atoms with Crippen LogP contribution in [0.4, 0.5) is 15.3 Å². The number of aryl methyl sites for hydroxylation is 2. The molecule has 13 nitrogen and oxygen atoms in total. The van der Waals surface area contributed by atoms with Gasteiger partial charge in [-0.2, -0.15) is 0 Å². The number of rotatable bonds is 10. The van der Waals surface area contributed by atoms with Gasteiger partial charge in [0.05, 0.1) is 20.3 Å². The monoisotopic (exact) mass is 732 g/mol. The molecule has 0 spiro atoms. The molecule has 4 aliphatic rings. The third-order valence-electron chi connectivity index (χ3n) is 11.3. The van der Waals surface area contributed by atoms with E-state index < -0.39 is 12.2 Å². The van der Waals surface area contributed by atoms with Gasteiger partial charge in [0.2, 0.25) is 0 Å². The highest BCUT2D eigenvalue weighted by molar-refractivity contribution is 5.91. The van der Waals surface area contributed by atoms with E-state index in [1.807, 2.05) is 67.0 Å². The van der Waals surface area contributed by atoms with E-state index in [-0.39, 0.29) is 30.4 Å². The molecule has 4 amide bonds. The summed E-state index contributed by atoms with van der Waals surface area (Å²) in [6.45, 7) is 12.3. The fourth-order valence-corrected chi connectivity index (χ4v) is 8.51. The van der Waals surface area contributed by atoms with Crippen LogP contribution in [0.25, 0.3) is 0 Å². The summed E-state index contributed by atoms with van der Waals surface area (Å²) in [5.74, 6) is 0.455. The number of amides is 4. The van der Waals surface area contributed by atoms with E-state index in [0.717, 1.165) is 79.1 Å². The van der Waals surface area contributed by atoms with Gasteiger partial charge in [0.15, 0.2) is 6.10 Å². The molecule has 0 unspecified atom stereocenters. The van der Waals surface area contributed by atoms with Gasteiger partial charge in [-0.1, -0.05) is 30.3 Å². The molecule has 3 fully saturated rings. The largest absolute Gasteiger partial charge is 0.496 e. The van der Waals surface area contributed by atoms with E-state index in [0.29, 0.717) is 64.8 Å². The number of anilines is 1. The molecule has 3 saturated heterocycles. The average Bonchev–Trinajstić information content (AvgIpc) is 3.32. The van der Waals surface area contributed by atoms with Crippen LogP contribution >= 0.6 is 0 Å².